The molecule has 0 aromatic heterocycles. The lowest BCUT2D eigenvalue weighted by Gasteiger charge is -2.38. The summed E-state index contributed by atoms with van der Waals surface area (Å²) in [5.41, 5.74) is 0.142. The highest BCUT2D eigenvalue weighted by atomic mass is 79.9. The van der Waals surface area contributed by atoms with Crippen molar-refractivity contribution in [3.8, 4) is 5.75 Å². The maximum Gasteiger partial charge on any atom is 0.177 e. The summed E-state index contributed by atoms with van der Waals surface area (Å²) in [5, 5.41) is 0. The molecule has 0 unspecified atom stereocenters. The van der Waals surface area contributed by atoms with E-state index in [9.17, 15) is 4.79 Å². The van der Waals surface area contributed by atoms with Crippen molar-refractivity contribution in [3.63, 3.8) is 0 Å². The predicted octanol–water partition coefficient (Wildman–Crippen LogP) is 3.13. The molecule has 0 bridgehead atoms. The zero-order valence-electron chi connectivity index (χ0n) is 11.8. The average molecular weight is 419 g/mol. The van der Waals surface area contributed by atoms with Crippen LogP contribution >= 0.6 is 31.9 Å². The Morgan fingerprint density at radius 1 is 1.29 bits per heavy atom. The summed E-state index contributed by atoms with van der Waals surface area (Å²) < 4.78 is 12.9. The van der Waals surface area contributed by atoms with Crippen LogP contribution < -0.4 is 4.74 Å². The van der Waals surface area contributed by atoms with Crippen LogP contribution in [0.5, 0.6) is 5.75 Å². The van der Waals surface area contributed by atoms with Gasteiger partial charge in [-0.15, -0.1) is 0 Å². The van der Waals surface area contributed by atoms with Crippen molar-refractivity contribution < 1.29 is 14.3 Å². The molecule has 1 aromatic rings. The van der Waals surface area contributed by atoms with Gasteiger partial charge in [-0.25, -0.2) is 0 Å². The predicted molar refractivity (Wildman–Crippen MR) is 87.0 cm³/mol. The molecule has 4 nitrogen and oxygen atoms in total. The summed E-state index contributed by atoms with van der Waals surface area (Å²) in [6.45, 7) is 6.32. The number of Topliss-reactive ketones (excluding diaryl/α,β-unsaturated/α-hetero) is 1. The lowest BCUT2D eigenvalue weighted by molar-refractivity contribution is 0.00815. The van der Waals surface area contributed by atoms with Crippen LogP contribution in [0, 0.1) is 5.41 Å². The van der Waals surface area contributed by atoms with E-state index < -0.39 is 5.41 Å². The van der Waals surface area contributed by atoms with Crippen LogP contribution in [0.3, 0.4) is 0 Å². The number of hydrogen-bond donors (Lipinski definition) is 0. The average Bonchev–Trinajstić information content (AvgIpc) is 2.44. The van der Waals surface area contributed by atoms with Gasteiger partial charge in [0.15, 0.2) is 5.78 Å². The summed E-state index contributed by atoms with van der Waals surface area (Å²) in [7, 11) is 0. The van der Waals surface area contributed by atoms with Crippen LogP contribution in [0.4, 0.5) is 0 Å². The molecule has 2 aliphatic rings. The minimum absolute atomic E-state index is 0.150. The first kappa shape index (κ1) is 15.5. The molecule has 0 amide bonds. The van der Waals surface area contributed by atoms with Gasteiger partial charge < -0.3 is 9.47 Å². The number of nitrogens with zero attached hydrogens (tertiary/aromatic N) is 1. The van der Waals surface area contributed by atoms with Crippen LogP contribution in [-0.4, -0.2) is 50.1 Å². The van der Waals surface area contributed by atoms with E-state index in [1.807, 2.05) is 19.1 Å². The lowest BCUT2D eigenvalue weighted by atomic mass is 9.80. The molecular formula is C15H17Br2NO3. The minimum atomic E-state index is -0.509. The van der Waals surface area contributed by atoms with Crippen LogP contribution in [0.1, 0.15) is 17.3 Å². The van der Waals surface area contributed by atoms with Crippen LogP contribution in [0.25, 0.3) is 0 Å². The van der Waals surface area contributed by atoms with E-state index >= 15 is 0 Å². The van der Waals surface area contributed by atoms with Crippen LogP contribution in [0.15, 0.2) is 21.1 Å². The summed E-state index contributed by atoms with van der Waals surface area (Å²) in [6, 6.07) is 3.75. The summed E-state index contributed by atoms with van der Waals surface area (Å²) in [6.07, 6.45) is 0. The Hall–Kier alpha value is -0.430. The Balaban J connectivity index is 1.86. The molecule has 0 spiro atoms. The maximum absolute atomic E-state index is 12.9. The Kier molecular flexibility index (Phi) is 4.41. The number of ether oxygens (including phenoxy) is 2. The van der Waals surface area contributed by atoms with Gasteiger partial charge in [0.05, 0.1) is 28.7 Å². The molecule has 0 N–H and O–H groups in total. The number of rotatable bonds is 2. The van der Waals surface area contributed by atoms with Crippen molar-refractivity contribution in [1.29, 1.82) is 0 Å². The first-order valence-corrected chi connectivity index (χ1v) is 8.55. The molecule has 1 fully saturated rings. The second-order valence-corrected chi connectivity index (χ2v) is 7.60. The summed E-state index contributed by atoms with van der Waals surface area (Å²) in [4.78, 5) is 15.2. The smallest absolute Gasteiger partial charge is 0.177 e. The van der Waals surface area contributed by atoms with E-state index in [0.717, 1.165) is 35.2 Å². The molecule has 0 radical (unpaired) electrons. The number of hydrogen-bond acceptors (Lipinski definition) is 4. The van der Waals surface area contributed by atoms with Gasteiger partial charge in [-0.1, -0.05) is 15.9 Å². The fourth-order valence-corrected chi connectivity index (χ4v) is 4.21. The maximum atomic E-state index is 12.9. The molecule has 1 atom stereocenters. The highest BCUT2D eigenvalue weighted by Crippen LogP contribution is 2.41. The van der Waals surface area contributed by atoms with Gasteiger partial charge in [-0.2, -0.15) is 0 Å². The lowest BCUT2D eigenvalue weighted by Crippen LogP contribution is -2.50. The summed E-state index contributed by atoms with van der Waals surface area (Å²) >= 11 is 6.90. The van der Waals surface area contributed by atoms with E-state index in [2.05, 4.69) is 36.8 Å². The van der Waals surface area contributed by atoms with E-state index in [1.165, 1.54) is 0 Å². The SMILES string of the molecule is C[C@]1(CN2CCOCC2)COc2c(Br)cc(Br)cc2C1=O. The molecule has 1 aromatic carbocycles. The topological polar surface area (TPSA) is 38.8 Å². The Labute approximate surface area is 141 Å². The van der Waals surface area contributed by atoms with Crippen molar-refractivity contribution in [3.05, 3.63) is 26.6 Å². The molecule has 21 heavy (non-hydrogen) atoms. The molecule has 2 heterocycles. The molecule has 6 heteroatoms. The number of ketones is 1. The van der Waals surface area contributed by atoms with Gasteiger partial charge in [0, 0.05) is 24.1 Å². The van der Waals surface area contributed by atoms with Crippen molar-refractivity contribution in [2.45, 2.75) is 6.92 Å². The van der Waals surface area contributed by atoms with Gasteiger partial charge >= 0.3 is 0 Å². The van der Waals surface area contributed by atoms with Gasteiger partial charge in [0.25, 0.3) is 0 Å². The summed E-state index contributed by atoms with van der Waals surface area (Å²) in [5.74, 6) is 0.805. The molecule has 1 saturated heterocycles. The first-order valence-electron chi connectivity index (χ1n) is 6.96. The first-order chi connectivity index (χ1) is 9.99. The van der Waals surface area contributed by atoms with Gasteiger partial charge in [-0.3, -0.25) is 9.69 Å². The Morgan fingerprint density at radius 2 is 2.00 bits per heavy atom. The second-order valence-electron chi connectivity index (χ2n) is 5.83. The van der Waals surface area contributed by atoms with E-state index in [0.29, 0.717) is 24.5 Å². The zero-order chi connectivity index (χ0) is 15.0. The Morgan fingerprint density at radius 3 is 2.71 bits per heavy atom. The highest BCUT2D eigenvalue weighted by Gasteiger charge is 2.42. The van der Waals surface area contributed by atoms with Crippen molar-refractivity contribution >= 4 is 37.6 Å². The Bertz CT molecular complexity index is 572. The number of benzene rings is 1. The molecule has 114 valence electrons. The van der Waals surface area contributed by atoms with Crippen LogP contribution in [-0.2, 0) is 4.74 Å². The van der Waals surface area contributed by atoms with Crippen molar-refractivity contribution in [1.82, 2.24) is 4.90 Å². The normalized spacial score (nSPS) is 26.3. The van der Waals surface area contributed by atoms with Crippen molar-refractivity contribution in [2.24, 2.45) is 5.41 Å². The zero-order valence-corrected chi connectivity index (χ0v) is 15.0. The standard InChI is InChI=1S/C15H17Br2NO3/c1-15(8-18-2-4-20-5-3-18)9-21-13-11(14(15)19)6-10(16)7-12(13)17/h6-7H,2-5,8-9H2,1H3/t15-/m0/s1. The third-order valence-electron chi connectivity index (χ3n) is 4.01. The van der Waals surface area contributed by atoms with Crippen molar-refractivity contribution in [2.75, 3.05) is 39.5 Å². The van der Waals surface area contributed by atoms with E-state index in [1.54, 1.807) is 0 Å². The number of fused-ring (bicyclic) bond motifs is 1. The van der Waals surface area contributed by atoms with Gasteiger partial charge in [0.1, 0.15) is 12.4 Å². The molecule has 2 aliphatic heterocycles. The third kappa shape index (κ3) is 3.04. The van der Waals surface area contributed by atoms with E-state index in [4.69, 9.17) is 9.47 Å². The number of halogens is 2. The van der Waals surface area contributed by atoms with Crippen LogP contribution in [0.2, 0.25) is 0 Å². The molecule has 0 aliphatic carbocycles. The third-order valence-corrected chi connectivity index (χ3v) is 5.06. The number of carbonyl (C=O) groups excluding carboxylic acids is 1. The van der Waals surface area contributed by atoms with E-state index in [-0.39, 0.29) is 5.78 Å². The molecular weight excluding hydrogens is 402 g/mol. The fraction of sp³-hybridized carbons (Fsp3) is 0.533. The van der Waals surface area contributed by atoms with Gasteiger partial charge in [0.2, 0.25) is 0 Å². The highest BCUT2D eigenvalue weighted by molar-refractivity contribution is 9.11. The second kappa shape index (κ2) is 5.99. The largest absolute Gasteiger partial charge is 0.491 e. The fourth-order valence-electron chi connectivity index (χ4n) is 2.87. The monoisotopic (exact) mass is 417 g/mol. The minimum Gasteiger partial charge on any atom is -0.491 e. The van der Waals surface area contributed by atoms with Gasteiger partial charge in [-0.05, 0) is 35.0 Å². The quantitative estimate of drug-likeness (QED) is 0.739. The number of carbonyl (C=O) groups is 1. The number of morpholine rings is 1. The molecule has 0 saturated carbocycles. The molecule has 3 rings (SSSR count).